The summed E-state index contributed by atoms with van der Waals surface area (Å²) >= 11 is 6.92. The minimum Gasteiger partial charge on any atom is -0.354 e. The number of nitrogens with one attached hydrogen (secondary N) is 1. The number of piperazine rings is 1. The van der Waals surface area contributed by atoms with Gasteiger partial charge in [-0.1, -0.05) is 37.6 Å². The molecule has 1 atom stereocenters. The fraction of sp³-hybridized carbons (Fsp3) is 0.467. The number of benzene rings is 1. The minimum atomic E-state index is -4.45. The molecule has 4 heterocycles. The van der Waals surface area contributed by atoms with Gasteiger partial charge in [-0.2, -0.15) is 17.5 Å². The summed E-state index contributed by atoms with van der Waals surface area (Å²) in [6.45, 7) is 8.89. The molecule has 0 saturated carbocycles. The van der Waals surface area contributed by atoms with Gasteiger partial charge in [-0.15, -0.1) is 11.3 Å². The first-order valence-electron chi connectivity index (χ1n) is 14.5. The van der Waals surface area contributed by atoms with Crippen molar-refractivity contribution in [2.45, 2.75) is 49.7 Å². The summed E-state index contributed by atoms with van der Waals surface area (Å²) < 4.78 is 67.7. The van der Waals surface area contributed by atoms with E-state index < -0.39 is 33.7 Å². The number of rotatable bonds is 9. The SMILES string of the molecule is CC(C)CN1CCN(c2cc(CNC(=O)[C@@H]3CCCN3S(=O)(=O)c3ccc(Cl)s3)cc(-c3ccc(C(F)(F)F)cc3)n2)CC1. The number of amides is 1. The van der Waals surface area contributed by atoms with E-state index in [-0.39, 0.29) is 17.3 Å². The Labute approximate surface area is 264 Å². The average Bonchev–Trinajstić information content (AvgIpc) is 3.66. The molecule has 0 spiro atoms. The number of aromatic nitrogens is 1. The maximum absolute atomic E-state index is 13.3. The number of hydrogen-bond donors (Lipinski definition) is 1. The van der Waals surface area contributed by atoms with Crippen LogP contribution in [-0.4, -0.2) is 73.8 Å². The molecular formula is C30H35ClF3N5O3S2. The largest absolute Gasteiger partial charge is 0.416 e. The Hall–Kier alpha value is -2.71. The van der Waals surface area contributed by atoms with Crippen LogP contribution in [0.4, 0.5) is 19.0 Å². The molecule has 2 aliphatic heterocycles. The Bertz CT molecular complexity index is 1570. The Balaban J connectivity index is 1.36. The molecule has 2 fully saturated rings. The van der Waals surface area contributed by atoms with E-state index in [9.17, 15) is 26.4 Å². The van der Waals surface area contributed by atoms with Crippen molar-refractivity contribution >= 4 is 44.7 Å². The summed E-state index contributed by atoms with van der Waals surface area (Å²) in [7, 11) is -3.88. The summed E-state index contributed by atoms with van der Waals surface area (Å²) in [5.74, 6) is 0.813. The zero-order valence-electron chi connectivity index (χ0n) is 24.5. The number of alkyl halides is 3. The van der Waals surface area contributed by atoms with E-state index in [2.05, 4.69) is 29.0 Å². The number of hydrogen-bond acceptors (Lipinski definition) is 7. The third-order valence-electron chi connectivity index (χ3n) is 7.78. The van der Waals surface area contributed by atoms with Crippen molar-refractivity contribution < 1.29 is 26.4 Å². The average molecular weight is 670 g/mol. The molecule has 1 aromatic carbocycles. The molecule has 14 heteroatoms. The predicted molar refractivity (Wildman–Crippen MR) is 166 cm³/mol. The second-order valence-electron chi connectivity index (χ2n) is 11.5. The van der Waals surface area contributed by atoms with Gasteiger partial charge in [0.25, 0.3) is 10.0 Å². The lowest BCUT2D eigenvalue weighted by Crippen LogP contribution is -2.47. The van der Waals surface area contributed by atoms with Crippen LogP contribution < -0.4 is 10.2 Å². The van der Waals surface area contributed by atoms with E-state index in [1.807, 2.05) is 6.07 Å². The monoisotopic (exact) mass is 669 g/mol. The maximum atomic E-state index is 13.3. The van der Waals surface area contributed by atoms with Crippen molar-refractivity contribution in [2.75, 3.05) is 44.2 Å². The van der Waals surface area contributed by atoms with Gasteiger partial charge in [0.1, 0.15) is 16.1 Å². The molecule has 1 amide bonds. The van der Waals surface area contributed by atoms with Gasteiger partial charge in [0, 0.05) is 51.4 Å². The molecular weight excluding hydrogens is 635 g/mol. The van der Waals surface area contributed by atoms with Crippen LogP contribution in [0.5, 0.6) is 0 Å². The summed E-state index contributed by atoms with van der Waals surface area (Å²) in [4.78, 5) is 22.7. The fourth-order valence-corrected chi connectivity index (χ4v) is 8.91. The van der Waals surface area contributed by atoms with Gasteiger partial charge in [0.15, 0.2) is 0 Å². The zero-order chi connectivity index (χ0) is 31.6. The van der Waals surface area contributed by atoms with Crippen LogP contribution in [0.3, 0.4) is 0 Å². The molecule has 0 aliphatic carbocycles. The van der Waals surface area contributed by atoms with E-state index in [1.165, 1.54) is 28.6 Å². The second-order valence-corrected chi connectivity index (χ2v) is 15.4. The van der Waals surface area contributed by atoms with E-state index in [1.54, 1.807) is 6.07 Å². The first kappa shape index (κ1) is 32.7. The summed E-state index contributed by atoms with van der Waals surface area (Å²) in [6, 6.07) is 10.6. The predicted octanol–water partition coefficient (Wildman–Crippen LogP) is 5.73. The van der Waals surface area contributed by atoms with Crippen molar-refractivity contribution in [1.29, 1.82) is 0 Å². The molecule has 0 radical (unpaired) electrons. The van der Waals surface area contributed by atoms with Crippen molar-refractivity contribution in [3.05, 3.63) is 64.0 Å². The van der Waals surface area contributed by atoms with E-state index in [0.717, 1.165) is 56.2 Å². The normalized spacial score (nSPS) is 18.7. The van der Waals surface area contributed by atoms with Crippen molar-refractivity contribution in [2.24, 2.45) is 5.92 Å². The third-order valence-corrected chi connectivity index (χ3v) is 11.4. The van der Waals surface area contributed by atoms with Crippen LogP contribution in [0.15, 0.2) is 52.7 Å². The lowest BCUT2D eigenvalue weighted by atomic mass is 10.1. The van der Waals surface area contributed by atoms with Gasteiger partial charge in [-0.05, 0) is 60.7 Å². The van der Waals surface area contributed by atoms with Gasteiger partial charge >= 0.3 is 6.18 Å². The third kappa shape index (κ3) is 7.56. The Morgan fingerprint density at radius 3 is 2.39 bits per heavy atom. The van der Waals surface area contributed by atoms with Gasteiger partial charge in [-0.3, -0.25) is 9.69 Å². The highest BCUT2D eigenvalue weighted by molar-refractivity contribution is 7.91. The molecule has 5 rings (SSSR count). The lowest BCUT2D eigenvalue weighted by molar-refractivity contribution is -0.137. The standard InChI is InChI=1S/C30H35ClF3N5O3S2/c1-20(2)19-37-12-14-38(15-13-37)27-17-21(16-24(36-27)22-5-7-23(8-6-22)30(32,33)34)18-35-29(40)25-4-3-11-39(25)44(41,42)28-10-9-26(31)43-28/h5-10,16-17,20,25H,3-4,11-15,18-19H2,1-2H3,(H,35,40)/t25-/m0/s1. The highest BCUT2D eigenvalue weighted by Gasteiger charge is 2.40. The highest BCUT2D eigenvalue weighted by atomic mass is 35.5. The van der Waals surface area contributed by atoms with Crippen molar-refractivity contribution in [3.8, 4) is 11.3 Å². The number of thiophene rings is 1. The number of sulfonamides is 1. The van der Waals surface area contributed by atoms with Gasteiger partial charge in [0.2, 0.25) is 5.91 Å². The quantitative estimate of drug-likeness (QED) is 0.313. The Morgan fingerprint density at radius 2 is 1.77 bits per heavy atom. The fourth-order valence-electron chi connectivity index (χ4n) is 5.64. The number of nitrogens with zero attached hydrogens (tertiary/aromatic N) is 4. The number of anilines is 1. The molecule has 2 aromatic heterocycles. The van der Waals surface area contributed by atoms with Gasteiger partial charge in [-0.25, -0.2) is 13.4 Å². The molecule has 3 aromatic rings. The maximum Gasteiger partial charge on any atom is 0.416 e. The Morgan fingerprint density at radius 1 is 1.07 bits per heavy atom. The van der Waals surface area contributed by atoms with Gasteiger partial charge < -0.3 is 10.2 Å². The molecule has 0 bridgehead atoms. The smallest absolute Gasteiger partial charge is 0.354 e. The van der Waals surface area contributed by atoms with E-state index in [0.29, 0.717) is 45.7 Å². The van der Waals surface area contributed by atoms with E-state index in [4.69, 9.17) is 16.6 Å². The molecule has 44 heavy (non-hydrogen) atoms. The molecule has 0 unspecified atom stereocenters. The zero-order valence-corrected chi connectivity index (χ0v) is 26.9. The van der Waals surface area contributed by atoms with Crippen LogP contribution >= 0.6 is 22.9 Å². The molecule has 238 valence electrons. The molecule has 2 aliphatic rings. The van der Waals surface area contributed by atoms with Crippen LogP contribution in [-0.2, 0) is 27.5 Å². The lowest BCUT2D eigenvalue weighted by Gasteiger charge is -2.36. The van der Waals surface area contributed by atoms with Crippen LogP contribution in [0.1, 0.15) is 37.8 Å². The second kappa shape index (κ2) is 13.3. The van der Waals surface area contributed by atoms with Crippen LogP contribution in [0.25, 0.3) is 11.3 Å². The number of pyridine rings is 1. The molecule has 2 saturated heterocycles. The first-order valence-corrected chi connectivity index (χ1v) is 17.2. The van der Waals surface area contributed by atoms with Crippen LogP contribution in [0.2, 0.25) is 4.34 Å². The molecule has 1 N–H and O–H groups in total. The number of carbonyl (C=O) groups is 1. The van der Waals surface area contributed by atoms with Crippen molar-refractivity contribution in [3.63, 3.8) is 0 Å². The topological polar surface area (TPSA) is 85.9 Å². The summed E-state index contributed by atoms with van der Waals surface area (Å²) in [5.41, 5.74) is 0.977. The highest BCUT2D eigenvalue weighted by Crippen LogP contribution is 2.33. The molecule has 8 nitrogen and oxygen atoms in total. The minimum absolute atomic E-state index is 0.0932. The van der Waals surface area contributed by atoms with E-state index >= 15 is 0 Å². The number of carbonyl (C=O) groups excluding carboxylic acids is 1. The first-order chi connectivity index (χ1) is 20.8. The number of halogens is 4. The van der Waals surface area contributed by atoms with Gasteiger partial charge in [0.05, 0.1) is 15.6 Å². The summed E-state index contributed by atoms with van der Waals surface area (Å²) in [6.07, 6.45) is -3.50. The van der Waals surface area contributed by atoms with Crippen LogP contribution in [0, 0.1) is 5.92 Å². The summed E-state index contributed by atoms with van der Waals surface area (Å²) in [5, 5.41) is 2.90. The Kier molecular flexibility index (Phi) is 9.90. The van der Waals surface area contributed by atoms with Crippen molar-refractivity contribution in [1.82, 2.24) is 19.5 Å².